The third-order valence-electron chi connectivity index (χ3n) is 4.98. The summed E-state index contributed by atoms with van der Waals surface area (Å²) in [5.74, 6) is 1.53. The van der Waals surface area contributed by atoms with Crippen molar-refractivity contribution in [2.45, 2.75) is 38.2 Å². The summed E-state index contributed by atoms with van der Waals surface area (Å²) in [4.78, 5) is 2.13. The lowest BCUT2D eigenvalue weighted by atomic mass is 9.90. The number of aliphatic hydroxyl groups is 2. The lowest BCUT2D eigenvalue weighted by Crippen LogP contribution is -2.53. The van der Waals surface area contributed by atoms with Gasteiger partial charge in [0.15, 0.2) is 0 Å². The predicted molar refractivity (Wildman–Crippen MR) is 100 cm³/mol. The Hall–Kier alpha value is -2.08. The van der Waals surface area contributed by atoms with Crippen LogP contribution in [0.4, 0.5) is 0 Å². The van der Waals surface area contributed by atoms with E-state index in [2.05, 4.69) is 4.90 Å². The SMILES string of the molecule is COc1cc(OCc2ccccc2)ccc1CN1CC[C@@](C)(O)[C@H](O)C1. The summed E-state index contributed by atoms with van der Waals surface area (Å²) in [6.45, 7) is 4.04. The van der Waals surface area contributed by atoms with Crippen molar-refractivity contribution < 1.29 is 19.7 Å². The minimum Gasteiger partial charge on any atom is -0.496 e. The van der Waals surface area contributed by atoms with Crippen LogP contribution in [0.2, 0.25) is 0 Å². The first kappa shape index (κ1) is 18.7. The molecule has 2 aromatic rings. The number of hydrogen-bond donors (Lipinski definition) is 2. The molecule has 1 aliphatic heterocycles. The van der Waals surface area contributed by atoms with E-state index >= 15 is 0 Å². The van der Waals surface area contributed by atoms with Crippen LogP contribution < -0.4 is 9.47 Å². The van der Waals surface area contributed by atoms with Gasteiger partial charge in [0.2, 0.25) is 0 Å². The predicted octanol–water partition coefficient (Wildman–Crippen LogP) is 2.59. The van der Waals surface area contributed by atoms with Gasteiger partial charge in [0.1, 0.15) is 18.1 Å². The van der Waals surface area contributed by atoms with E-state index in [1.807, 2.05) is 48.5 Å². The molecule has 0 bridgehead atoms. The molecule has 0 aromatic heterocycles. The van der Waals surface area contributed by atoms with Gasteiger partial charge in [-0.1, -0.05) is 36.4 Å². The summed E-state index contributed by atoms with van der Waals surface area (Å²) in [6.07, 6.45) is -0.190. The number of nitrogens with zero attached hydrogens (tertiary/aromatic N) is 1. The standard InChI is InChI=1S/C21H27NO4/c1-21(24)10-11-22(14-20(21)23)13-17-8-9-18(12-19(17)25-2)26-15-16-6-4-3-5-7-16/h3-9,12,20,23-24H,10-11,13-15H2,1-2H3/t20-,21-/m1/s1. The Labute approximate surface area is 154 Å². The molecule has 1 saturated heterocycles. The molecule has 0 aliphatic carbocycles. The Bertz CT molecular complexity index is 717. The second kappa shape index (κ2) is 8.08. The van der Waals surface area contributed by atoms with E-state index in [9.17, 15) is 10.2 Å². The molecule has 5 nitrogen and oxygen atoms in total. The first-order chi connectivity index (χ1) is 12.5. The van der Waals surface area contributed by atoms with Gasteiger partial charge in [0.25, 0.3) is 0 Å². The highest BCUT2D eigenvalue weighted by Gasteiger charge is 2.36. The molecule has 26 heavy (non-hydrogen) atoms. The number of aliphatic hydroxyl groups excluding tert-OH is 1. The Morgan fingerprint density at radius 3 is 2.65 bits per heavy atom. The van der Waals surface area contributed by atoms with Crippen molar-refractivity contribution in [3.05, 3.63) is 59.7 Å². The Morgan fingerprint density at radius 1 is 1.19 bits per heavy atom. The summed E-state index contributed by atoms with van der Waals surface area (Å²) in [7, 11) is 1.65. The third kappa shape index (κ3) is 4.55. The Morgan fingerprint density at radius 2 is 1.96 bits per heavy atom. The quantitative estimate of drug-likeness (QED) is 0.832. The maximum Gasteiger partial charge on any atom is 0.127 e. The van der Waals surface area contributed by atoms with Crippen LogP contribution in [0.3, 0.4) is 0 Å². The topological polar surface area (TPSA) is 62.2 Å². The highest BCUT2D eigenvalue weighted by Crippen LogP contribution is 2.29. The Balaban J connectivity index is 1.63. The summed E-state index contributed by atoms with van der Waals surface area (Å²) in [5.41, 5.74) is 1.15. The molecule has 1 heterocycles. The zero-order valence-electron chi connectivity index (χ0n) is 15.4. The van der Waals surface area contributed by atoms with Crippen molar-refractivity contribution >= 4 is 0 Å². The molecular formula is C21H27NO4. The molecule has 1 fully saturated rings. The normalized spacial score (nSPS) is 23.6. The fraction of sp³-hybridized carbons (Fsp3) is 0.429. The van der Waals surface area contributed by atoms with Crippen molar-refractivity contribution in [3.63, 3.8) is 0 Å². The zero-order chi connectivity index (χ0) is 18.6. The molecule has 0 saturated carbocycles. The fourth-order valence-electron chi connectivity index (χ4n) is 3.15. The second-order valence-corrected chi connectivity index (χ2v) is 7.11. The van der Waals surface area contributed by atoms with Gasteiger partial charge in [0.05, 0.1) is 18.8 Å². The molecule has 0 spiro atoms. The molecule has 140 valence electrons. The third-order valence-corrected chi connectivity index (χ3v) is 4.98. The van der Waals surface area contributed by atoms with Crippen LogP contribution in [-0.2, 0) is 13.2 Å². The van der Waals surface area contributed by atoms with E-state index in [-0.39, 0.29) is 0 Å². The second-order valence-electron chi connectivity index (χ2n) is 7.11. The highest BCUT2D eigenvalue weighted by molar-refractivity contribution is 5.41. The first-order valence-corrected chi connectivity index (χ1v) is 8.94. The monoisotopic (exact) mass is 357 g/mol. The maximum atomic E-state index is 10.1. The molecule has 2 aromatic carbocycles. The van der Waals surface area contributed by atoms with Crippen molar-refractivity contribution in [2.75, 3.05) is 20.2 Å². The molecule has 5 heteroatoms. The number of hydrogen-bond acceptors (Lipinski definition) is 5. The number of likely N-dealkylation sites (tertiary alicyclic amines) is 1. The fourth-order valence-corrected chi connectivity index (χ4v) is 3.15. The van der Waals surface area contributed by atoms with Gasteiger partial charge < -0.3 is 19.7 Å². The van der Waals surface area contributed by atoms with Crippen LogP contribution >= 0.6 is 0 Å². The van der Waals surface area contributed by atoms with E-state index in [0.717, 1.165) is 29.2 Å². The summed E-state index contributed by atoms with van der Waals surface area (Å²) >= 11 is 0. The van der Waals surface area contributed by atoms with Gasteiger partial charge in [-0.25, -0.2) is 0 Å². The van der Waals surface area contributed by atoms with Gasteiger partial charge in [-0.2, -0.15) is 0 Å². The van der Waals surface area contributed by atoms with Crippen LogP contribution in [0, 0.1) is 0 Å². The van der Waals surface area contributed by atoms with E-state index in [1.165, 1.54) is 0 Å². The van der Waals surface area contributed by atoms with Crippen molar-refractivity contribution in [3.8, 4) is 11.5 Å². The lowest BCUT2D eigenvalue weighted by Gasteiger charge is -2.40. The van der Waals surface area contributed by atoms with Gasteiger partial charge in [-0.05, 0) is 25.0 Å². The summed E-state index contributed by atoms with van der Waals surface area (Å²) in [5, 5.41) is 20.2. The lowest BCUT2D eigenvalue weighted by molar-refractivity contribution is -0.108. The molecule has 0 radical (unpaired) electrons. The minimum absolute atomic E-state index is 0.447. The molecule has 1 aliphatic rings. The average molecular weight is 357 g/mol. The van der Waals surface area contributed by atoms with E-state index in [1.54, 1.807) is 14.0 Å². The highest BCUT2D eigenvalue weighted by atomic mass is 16.5. The number of β-amino-alcohol motifs (C(OH)–C–C–N with tert-alkyl or cyclic N) is 1. The van der Waals surface area contributed by atoms with E-state index < -0.39 is 11.7 Å². The Kier molecular flexibility index (Phi) is 5.81. The van der Waals surface area contributed by atoms with Crippen LogP contribution in [-0.4, -0.2) is 47.0 Å². The van der Waals surface area contributed by atoms with Crippen LogP contribution in [0.5, 0.6) is 11.5 Å². The van der Waals surface area contributed by atoms with Crippen LogP contribution in [0.1, 0.15) is 24.5 Å². The van der Waals surface area contributed by atoms with Gasteiger partial charge in [-0.15, -0.1) is 0 Å². The van der Waals surface area contributed by atoms with E-state index in [0.29, 0.717) is 26.1 Å². The largest absolute Gasteiger partial charge is 0.496 e. The number of methoxy groups -OCH3 is 1. The molecule has 3 rings (SSSR count). The number of rotatable bonds is 6. The van der Waals surface area contributed by atoms with Crippen molar-refractivity contribution in [2.24, 2.45) is 0 Å². The van der Waals surface area contributed by atoms with Gasteiger partial charge in [0, 0.05) is 31.3 Å². The number of benzene rings is 2. The number of piperidine rings is 1. The summed E-state index contributed by atoms with van der Waals surface area (Å²) < 4.78 is 11.4. The maximum absolute atomic E-state index is 10.1. The van der Waals surface area contributed by atoms with E-state index in [4.69, 9.17) is 9.47 Å². The van der Waals surface area contributed by atoms with Gasteiger partial charge >= 0.3 is 0 Å². The molecule has 0 amide bonds. The smallest absolute Gasteiger partial charge is 0.127 e. The molecule has 0 unspecified atom stereocenters. The van der Waals surface area contributed by atoms with Crippen LogP contribution in [0.25, 0.3) is 0 Å². The van der Waals surface area contributed by atoms with Gasteiger partial charge in [-0.3, -0.25) is 4.90 Å². The average Bonchev–Trinajstić information content (AvgIpc) is 2.65. The van der Waals surface area contributed by atoms with Crippen molar-refractivity contribution in [1.29, 1.82) is 0 Å². The first-order valence-electron chi connectivity index (χ1n) is 8.94. The molecular weight excluding hydrogens is 330 g/mol. The number of ether oxygens (including phenoxy) is 2. The van der Waals surface area contributed by atoms with Crippen LogP contribution in [0.15, 0.2) is 48.5 Å². The minimum atomic E-state index is -1.00. The molecule has 2 N–H and O–H groups in total. The summed E-state index contributed by atoms with van der Waals surface area (Å²) in [6, 6.07) is 15.9. The van der Waals surface area contributed by atoms with Crippen molar-refractivity contribution in [1.82, 2.24) is 4.90 Å². The molecule has 2 atom stereocenters. The zero-order valence-corrected chi connectivity index (χ0v) is 15.4.